The second-order valence-electron chi connectivity index (χ2n) is 9.69. The molecule has 1 aromatic rings. The first-order chi connectivity index (χ1) is 15.0. The van der Waals surface area contributed by atoms with Crippen molar-refractivity contribution in [2.75, 3.05) is 0 Å². The summed E-state index contributed by atoms with van der Waals surface area (Å²) in [6.07, 6.45) is 13.1. The van der Waals surface area contributed by atoms with Crippen LogP contribution >= 0.6 is 0 Å². The zero-order chi connectivity index (χ0) is 21.8. The maximum absolute atomic E-state index is 12.9. The number of carboxylic acid groups (broad SMARTS) is 1. The number of benzene rings is 1. The molecule has 4 rings (SSSR count). The van der Waals surface area contributed by atoms with Crippen molar-refractivity contribution in [3.05, 3.63) is 41.5 Å². The first-order valence-corrected chi connectivity index (χ1v) is 11.7. The maximum atomic E-state index is 12.9. The molecular weight excluding hydrogens is 392 g/mol. The summed E-state index contributed by atoms with van der Waals surface area (Å²) in [4.78, 5) is 24.1. The molecule has 3 fully saturated rings. The van der Waals surface area contributed by atoms with Gasteiger partial charge < -0.3 is 5.11 Å². The lowest BCUT2D eigenvalue weighted by Gasteiger charge is -2.47. The topological polar surface area (TPSA) is 98.7 Å². The second kappa shape index (κ2) is 9.53. The van der Waals surface area contributed by atoms with Crippen LogP contribution in [0.2, 0.25) is 0 Å². The van der Waals surface area contributed by atoms with Gasteiger partial charge in [0.2, 0.25) is 0 Å². The number of fused-ring (bicyclic) bond motifs is 2. The number of hydrogen-bond donors (Lipinski definition) is 4. The van der Waals surface area contributed by atoms with E-state index in [4.69, 9.17) is 5.21 Å². The summed E-state index contributed by atoms with van der Waals surface area (Å²) >= 11 is 0. The van der Waals surface area contributed by atoms with Gasteiger partial charge >= 0.3 is 5.97 Å². The fourth-order valence-electron chi connectivity index (χ4n) is 6.55. The molecule has 0 radical (unpaired) electrons. The molecule has 3 aliphatic rings. The van der Waals surface area contributed by atoms with Crippen LogP contribution < -0.4 is 10.8 Å². The summed E-state index contributed by atoms with van der Waals surface area (Å²) in [5, 5.41) is 22.8. The summed E-state index contributed by atoms with van der Waals surface area (Å²) in [5.74, 6) is 0.442. The van der Waals surface area contributed by atoms with E-state index in [1.54, 1.807) is 11.6 Å². The van der Waals surface area contributed by atoms with Crippen molar-refractivity contribution in [2.45, 2.75) is 69.9 Å². The van der Waals surface area contributed by atoms with Gasteiger partial charge in [0.15, 0.2) is 0 Å². The Kier molecular flexibility index (Phi) is 6.77. The number of aliphatic carboxylic acids is 1. The van der Waals surface area contributed by atoms with E-state index in [1.807, 2.05) is 24.3 Å². The summed E-state index contributed by atoms with van der Waals surface area (Å²) in [6.45, 7) is 0.526. The van der Waals surface area contributed by atoms with Crippen molar-refractivity contribution in [1.29, 1.82) is 0 Å². The summed E-state index contributed by atoms with van der Waals surface area (Å²) in [6, 6.07) is 7.74. The molecule has 0 aliphatic heterocycles. The minimum absolute atomic E-state index is 0.197. The van der Waals surface area contributed by atoms with Gasteiger partial charge in [-0.05, 0) is 73.0 Å². The van der Waals surface area contributed by atoms with E-state index in [0.717, 1.165) is 43.2 Å². The van der Waals surface area contributed by atoms with E-state index < -0.39 is 17.4 Å². The number of amides is 1. The van der Waals surface area contributed by atoms with Crippen molar-refractivity contribution in [3.8, 4) is 0 Å². The Balaban J connectivity index is 1.53. The number of carboxylic acids is 1. The molecule has 4 N–H and O–H groups in total. The highest BCUT2D eigenvalue weighted by atomic mass is 16.5. The number of hydrogen-bond acceptors (Lipinski definition) is 4. The molecule has 3 saturated carbocycles. The van der Waals surface area contributed by atoms with E-state index in [-0.39, 0.29) is 11.8 Å². The molecule has 168 valence electrons. The van der Waals surface area contributed by atoms with Crippen LogP contribution in [0.1, 0.15) is 68.9 Å². The third-order valence-corrected chi connectivity index (χ3v) is 8.03. The maximum Gasteiger partial charge on any atom is 0.324 e. The largest absolute Gasteiger partial charge is 0.480 e. The Labute approximate surface area is 184 Å². The Morgan fingerprint density at radius 2 is 1.77 bits per heavy atom. The Hall–Kier alpha value is -2.18. The van der Waals surface area contributed by atoms with Gasteiger partial charge in [0.05, 0.1) is 0 Å². The highest BCUT2D eigenvalue weighted by Gasteiger charge is 2.57. The smallest absolute Gasteiger partial charge is 0.324 e. The molecule has 6 nitrogen and oxygen atoms in total. The SMILES string of the molecule is O=C(C=Cc1ccc(CN[C@@](C(=O)O)(C2CCCCC2)C2CC3CCC2C3)cc1)NO. The predicted molar refractivity (Wildman–Crippen MR) is 118 cm³/mol. The average molecular weight is 427 g/mol. The van der Waals surface area contributed by atoms with Gasteiger partial charge in [-0.3, -0.25) is 20.1 Å². The van der Waals surface area contributed by atoms with E-state index in [0.29, 0.717) is 18.4 Å². The quantitative estimate of drug-likeness (QED) is 0.285. The number of rotatable bonds is 8. The Bertz CT molecular complexity index is 815. The normalized spacial score (nSPS) is 28.0. The second-order valence-corrected chi connectivity index (χ2v) is 9.69. The lowest BCUT2D eigenvalue weighted by Crippen LogP contribution is -2.63. The van der Waals surface area contributed by atoms with Gasteiger partial charge in [0.25, 0.3) is 5.91 Å². The van der Waals surface area contributed by atoms with E-state index in [2.05, 4.69) is 5.32 Å². The lowest BCUT2D eigenvalue weighted by atomic mass is 9.63. The van der Waals surface area contributed by atoms with E-state index in [9.17, 15) is 14.7 Å². The minimum atomic E-state index is -0.835. The molecule has 0 saturated heterocycles. The first kappa shape index (κ1) is 22.0. The fourth-order valence-corrected chi connectivity index (χ4v) is 6.55. The van der Waals surface area contributed by atoms with Crippen LogP contribution in [-0.4, -0.2) is 27.7 Å². The third kappa shape index (κ3) is 4.55. The fraction of sp³-hybridized carbons (Fsp3) is 0.600. The molecule has 3 aliphatic carbocycles. The van der Waals surface area contributed by atoms with Crippen LogP contribution in [0.3, 0.4) is 0 Å². The van der Waals surface area contributed by atoms with Crippen molar-refractivity contribution in [2.24, 2.45) is 23.7 Å². The molecule has 0 spiro atoms. The monoisotopic (exact) mass is 426 g/mol. The van der Waals surface area contributed by atoms with Crippen molar-refractivity contribution in [3.63, 3.8) is 0 Å². The molecule has 3 unspecified atom stereocenters. The average Bonchev–Trinajstić information content (AvgIpc) is 3.43. The number of carbonyl (C=O) groups is 2. The molecule has 4 atom stereocenters. The van der Waals surface area contributed by atoms with Crippen LogP contribution in [-0.2, 0) is 16.1 Å². The zero-order valence-electron chi connectivity index (χ0n) is 18.1. The summed E-state index contributed by atoms with van der Waals surface area (Å²) < 4.78 is 0. The highest BCUT2D eigenvalue weighted by Crippen LogP contribution is 2.55. The predicted octanol–water partition coefficient (Wildman–Crippen LogP) is 4.13. The van der Waals surface area contributed by atoms with Crippen LogP contribution in [0.5, 0.6) is 0 Å². The van der Waals surface area contributed by atoms with Gasteiger partial charge in [0.1, 0.15) is 5.54 Å². The van der Waals surface area contributed by atoms with Crippen LogP contribution in [0.4, 0.5) is 0 Å². The molecule has 1 amide bonds. The van der Waals surface area contributed by atoms with Crippen molar-refractivity contribution in [1.82, 2.24) is 10.8 Å². The third-order valence-electron chi connectivity index (χ3n) is 8.03. The van der Waals surface area contributed by atoms with Crippen LogP contribution in [0, 0.1) is 23.7 Å². The van der Waals surface area contributed by atoms with Crippen molar-refractivity contribution >= 4 is 18.0 Å². The van der Waals surface area contributed by atoms with E-state index >= 15 is 0 Å². The number of hydroxylamine groups is 1. The Morgan fingerprint density at radius 1 is 1.03 bits per heavy atom. The van der Waals surface area contributed by atoms with Gasteiger partial charge in [-0.15, -0.1) is 0 Å². The lowest BCUT2D eigenvalue weighted by molar-refractivity contribution is -0.153. The Morgan fingerprint density at radius 3 is 2.35 bits per heavy atom. The zero-order valence-corrected chi connectivity index (χ0v) is 18.1. The molecule has 0 aromatic heterocycles. The minimum Gasteiger partial charge on any atom is -0.480 e. The standard InChI is InChI=1S/C25H34N2O4/c28-23(27-31)13-11-17-6-8-18(9-7-17)16-26-25(24(29)30,21-4-2-1-3-5-21)22-15-19-10-12-20(22)14-19/h6-9,11,13,19-22,26,31H,1-5,10,12,14-16H2,(H,27,28)(H,29,30)/t19?,20?,22?,25-/m0/s1. The molecule has 0 heterocycles. The van der Waals surface area contributed by atoms with Gasteiger partial charge in [-0.25, -0.2) is 5.48 Å². The van der Waals surface area contributed by atoms with Gasteiger partial charge in [-0.2, -0.15) is 0 Å². The van der Waals surface area contributed by atoms with Gasteiger partial charge in [0, 0.05) is 12.6 Å². The molecule has 1 aromatic carbocycles. The molecule has 31 heavy (non-hydrogen) atoms. The summed E-state index contributed by atoms with van der Waals surface area (Å²) in [7, 11) is 0. The van der Waals surface area contributed by atoms with Crippen LogP contribution in [0.15, 0.2) is 30.3 Å². The highest BCUT2D eigenvalue weighted by molar-refractivity contribution is 5.90. The first-order valence-electron chi connectivity index (χ1n) is 11.7. The number of nitrogens with one attached hydrogen (secondary N) is 2. The molecular formula is C25H34N2O4. The number of carbonyl (C=O) groups excluding carboxylic acids is 1. The van der Waals surface area contributed by atoms with Crippen LogP contribution in [0.25, 0.3) is 6.08 Å². The molecule has 6 heteroatoms. The molecule has 2 bridgehead atoms. The van der Waals surface area contributed by atoms with Gasteiger partial charge in [-0.1, -0.05) is 49.9 Å². The van der Waals surface area contributed by atoms with Crippen molar-refractivity contribution < 1.29 is 19.9 Å². The van der Waals surface area contributed by atoms with E-state index in [1.165, 1.54) is 31.8 Å². The summed E-state index contributed by atoms with van der Waals surface area (Å²) in [5.41, 5.74) is 2.62.